The van der Waals surface area contributed by atoms with Crippen LogP contribution < -0.4 is 0 Å². The Morgan fingerprint density at radius 3 is 2.50 bits per heavy atom. The van der Waals surface area contributed by atoms with Gasteiger partial charge in [-0.3, -0.25) is 0 Å². The molecule has 1 unspecified atom stereocenters. The molecular formula is C12H10Cl2OS. The zero-order valence-electron chi connectivity index (χ0n) is 8.58. The van der Waals surface area contributed by atoms with Gasteiger partial charge in [0.1, 0.15) is 6.10 Å². The van der Waals surface area contributed by atoms with Crippen LogP contribution in [0, 0.1) is 6.92 Å². The minimum atomic E-state index is -0.638. The van der Waals surface area contributed by atoms with E-state index in [1.807, 2.05) is 18.4 Å². The summed E-state index contributed by atoms with van der Waals surface area (Å²) < 4.78 is 0. The predicted molar refractivity (Wildman–Crippen MR) is 69.6 cm³/mol. The maximum atomic E-state index is 10.2. The highest BCUT2D eigenvalue weighted by molar-refractivity contribution is 7.10. The molecule has 0 aliphatic rings. The monoisotopic (exact) mass is 272 g/mol. The number of aliphatic hydroxyl groups is 1. The molecule has 0 saturated carbocycles. The molecule has 0 amide bonds. The van der Waals surface area contributed by atoms with Crippen molar-refractivity contribution in [3.05, 3.63) is 55.7 Å². The van der Waals surface area contributed by atoms with Crippen LogP contribution in [0.3, 0.4) is 0 Å². The van der Waals surface area contributed by atoms with Crippen molar-refractivity contribution in [1.29, 1.82) is 0 Å². The maximum Gasteiger partial charge on any atom is 0.105 e. The summed E-state index contributed by atoms with van der Waals surface area (Å²) in [6, 6.07) is 7.11. The van der Waals surface area contributed by atoms with Crippen LogP contribution in [0.4, 0.5) is 0 Å². The van der Waals surface area contributed by atoms with Gasteiger partial charge in [0.15, 0.2) is 0 Å². The first-order valence-corrected chi connectivity index (χ1v) is 6.40. The lowest BCUT2D eigenvalue weighted by Gasteiger charge is -2.11. The van der Waals surface area contributed by atoms with E-state index in [0.717, 1.165) is 16.0 Å². The molecule has 4 heteroatoms. The summed E-state index contributed by atoms with van der Waals surface area (Å²) in [7, 11) is 0. The van der Waals surface area contributed by atoms with E-state index >= 15 is 0 Å². The molecule has 0 spiro atoms. The highest BCUT2D eigenvalue weighted by atomic mass is 35.5. The smallest absolute Gasteiger partial charge is 0.105 e. The fourth-order valence-corrected chi connectivity index (χ4v) is 2.58. The second kappa shape index (κ2) is 4.76. The van der Waals surface area contributed by atoms with Gasteiger partial charge in [-0.25, -0.2) is 0 Å². The third-order valence-corrected chi connectivity index (χ3v) is 4.05. The van der Waals surface area contributed by atoms with Crippen molar-refractivity contribution in [1.82, 2.24) is 0 Å². The van der Waals surface area contributed by atoms with E-state index in [-0.39, 0.29) is 0 Å². The van der Waals surface area contributed by atoms with Crippen LogP contribution in [-0.2, 0) is 0 Å². The fraction of sp³-hybridized carbons (Fsp3) is 0.167. The van der Waals surface area contributed by atoms with Crippen molar-refractivity contribution in [3.8, 4) is 0 Å². The van der Waals surface area contributed by atoms with E-state index in [2.05, 4.69) is 0 Å². The van der Waals surface area contributed by atoms with Crippen molar-refractivity contribution in [2.45, 2.75) is 13.0 Å². The molecule has 0 aliphatic heterocycles. The number of hydrogen-bond donors (Lipinski definition) is 1. The summed E-state index contributed by atoms with van der Waals surface area (Å²) in [5.41, 5.74) is 1.68. The first-order chi connectivity index (χ1) is 7.59. The summed E-state index contributed by atoms with van der Waals surface area (Å²) in [5.74, 6) is 0. The summed E-state index contributed by atoms with van der Waals surface area (Å²) in [6.07, 6.45) is -0.638. The molecule has 1 aromatic carbocycles. The lowest BCUT2D eigenvalue weighted by Crippen LogP contribution is -1.99. The maximum absolute atomic E-state index is 10.2. The number of aliphatic hydroxyl groups excluding tert-OH is 1. The topological polar surface area (TPSA) is 20.2 Å². The summed E-state index contributed by atoms with van der Waals surface area (Å²) in [5, 5.41) is 13.1. The highest BCUT2D eigenvalue weighted by Gasteiger charge is 2.14. The lowest BCUT2D eigenvalue weighted by atomic mass is 10.0. The zero-order valence-corrected chi connectivity index (χ0v) is 10.9. The molecule has 0 radical (unpaired) electrons. The van der Waals surface area contributed by atoms with Crippen LogP contribution in [0.25, 0.3) is 0 Å². The Balaban J connectivity index is 2.38. The molecule has 2 aromatic rings. The van der Waals surface area contributed by atoms with E-state index in [1.165, 1.54) is 0 Å². The molecule has 0 aliphatic carbocycles. The molecule has 84 valence electrons. The van der Waals surface area contributed by atoms with Gasteiger partial charge in [-0.15, -0.1) is 11.3 Å². The Bertz CT molecular complexity index is 507. The van der Waals surface area contributed by atoms with Gasteiger partial charge in [0.2, 0.25) is 0 Å². The predicted octanol–water partition coefficient (Wildman–Crippen LogP) is 4.45. The standard InChI is InChI=1S/C12H10Cl2OS/c1-7-9(4-5-16-7)12(15)8-2-3-10(13)11(14)6-8/h2-6,12,15H,1H3. The van der Waals surface area contributed by atoms with Crippen molar-refractivity contribution in [3.63, 3.8) is 0 Å². The normalized spacial score (nSPS) is 12.8. The van der Waals surface area contributed by atoms with E-state index in [4.69, 9.17) is 23.2 Å². The van der Waals surface area contributed by atoms with E-state index in [0.29, 0.717) is 10.0 Å². The Morgan fingerprint density at radius 1 is 1.19 bits per heavy atom. The Kier molecular flexibility index (Phi) is 3.55. The first kappa shape index (κ1) is 11.9. The van der Waals surface area contributed by atoms with E-state index < -0.39 is 6.10 Å². The number of aryl methyl sites for hydroxylation is 1. The van der Waals surface area contributed by atoms with Crippen molar-refractivity contribution in [2.75, 3.05) is 0 Å². The van der Waals surface area contributed by atoms with Crippen LogP contribution in [-0.4, -0.2) is 5.11 Å². The molecule has 1 nitrogen and oxygen atoms in total. The van der Waals surface area contributed by atoms with Crippen molar-refractivity contribution >= 4 is 34.5 Å². The van der Waals surface area contributed by atoms with Gasteiger partial charge in [-0.05, 0) is 41.6 Å². The molecule has 1 atom stereocenters. The number of hydrogen-bond acceptors (Lipinski definition) is 2. The second-order valence-electron chi connectivity index (χ2n) is 3.51. The molecule has 0 saturated heterocycles. The van der Waals surface area contributed by atoms with Crippen LogP contribution in [0.2, 0.25) is 10.0 Å². The summed E-state index contributed by atoms with van der Waals surface area (Å²) in [6.45, 7) is 1.99. The van der Waals surface area contributed by atoms with Gasteiger partial charge >= 0.3 is 0 Å². The summed E-state index contributed by atoms with van der Waals surface area (Å²) >= 11 is 13.4. The lowest BCUT2D eigenvalue weighted by molar-refractivity contribution is 0.220. The Hall–Kier alpha value is -0.540. The Morgan fingerprint density at radius 2 is 1.94 bits per heavy atom. The molecule has 0 bridgehead atoms. The van der Waals surface area contributed by atoms with Gasteiger partial charge in [-0.1, -0.05) is 29.3 Å². The first-order valence-electron chi connectivity index (χ1n) is 4.76. The molecule has 1 heterocycles. The van der Waals surface area contributed by atoms with Gasteiger partial charge in [0.25, 0.3) is 0 Å². The van der Waals surface area contributed by atoms with Gasteiger partial charge in [0.05, 0.1) is 10.0 Å². The molecular weight excluding hydrogens is 263 g/mol. The average molecular weight is 273 g/mol. The molecule has 1 N–H and O–H groups in total. The average Bonchev–Trinajstić information content (AvgIpc) is 2.67. The highest BCUT2D eigenvalue weighted by Crippen LogP contribution is 2.31. The third kappa shape index (κ3) is 2.25. The number of rotatable bonds is 2. The fourth-order valence-electron chi connectivity index (χ4n) is 1.54. The molecule has 0 fully saturated rings. The van der Waals surface area contributed by atoms with Crippen molar-refractivity contribution < 1.29 is 5.11 Å². The minimum absolute atomic E-state index is 0.464. The van der Waals surface area contributed by atoms with Crippen LogP contribution in [0.1, 0.15) is 22.1 Å². The molecule has 1 aromatic heterocycles. The minimum Gasteiger partial charge on any atom is -0.384 e. The molecule has 16 heavy (non-hydrogen) atoms. The van der Waals surface area contributed by atoms with E-state index in [1.54, 1.807) is 29.5 Å². The van der Waals surface area contributed by atoms with Crippen LogP contribution in [0.15, 0.2) is 29.6 Å². The zero-order chi connectivity index (χ0) is 11.7. The quantitative estimate of drug-likeness (QED) is 0.857. The second-order valence-corrected chi connectivity index (χ2v) is 5.44. The van der Waals surface area contributed by atoms with Gasteiger partial charge < -0.3 is 5.11 Å². The van der Waals surface area contributed by atoms with Crippen LogP contribution in [0.5, 0.6) is 0 Å². The van der Waals surface area contributed by atoms with Crippen molar-refractivity contribution in [2.24, 2.45) is 0 Å². The Labute approximate surface area is 108 Å². The summed E-state index contributed by atoms with van der Waals surface area (Å²) in [4.78, 5) is 1.11. The largest absolute Gasteiger partial charge is 0.384 e. The van der Waals surface area contributed by atoms with Gasteiger partial charge in [-0.2, -0.15) is 0 Å². The number of thiophene rings is 1. The third-order valence-electron chi connectivity index (χ3n) is 2.45. The van der Waals surface area contributed by atoms with Gasteiger partial charge in [0, 0.05) is 4.88 Å². The van der Waals surface area contributed by atoms with Crippen LogP contribution >= 0.6 is 34.5 Å². The number of halogens is 2. The van der Waals surface area contributed by atoms with E-state index in [9.17, 15) is 5.11 Å². The molecule has 2 rings (SSSR count). The SMILES string of the molecule is Cc1sccc1C(O)c1ccc(Cl)c(Cl)c1. The number of benzene rings is 1.